The van der Waals surface area contributed by atoms with Gasteiger partial charge >= 0.3 is 12.1 Å². The van der Waals surface area contributed by atoms with Crippen LogP contribution in [-0.2, 0) is 32.2 Å². The van der Waals surface area contributed by atoms with Crippen LogP contribution in [0.1, 0.15) is 108 Å². The zero-order valence-electron chi connectivity index (χ0n) is 46.8. The van der Waals surface area contributed by atoms with Gasteiger partial charge < -0.3 is 33.6 Å². The number of ether oxygens (including phenoxy) is 4. The van der Waals surface area contributed by atoms with Crippen molar-refractivity contribution in [3.63, 3.8) is 0 Å². The van der Waals surface area contributed by atoms with Crippen LogP contribution >= 0.6 is 11.3 Å². The molecule has 0 N–H and O–H groups in total. The maximum Gasteiger partial charge on any atom is 0.410 e. The Labute approximate surface area is 443 Å². The van der Waals surface area contributed by atoms with E-state index < -0.39 is 19.6 Å². The molecule has 4 aromatic heterocycles. The normalized spacial score (nSPS) is 22.8. The number of amides is 1. The van der Waals surface area contributed by atoms with Gasteiger partial charge in [0.15, 0.2) is 22.1 Å². The number of nitrogens with zero attached hydrogens (tertiary/aromatic N) is 10. The van der Waals surface area contributed by atoms with Gasteiger partial charge in [0.25, 0.3) is 0 Å². The van der Waals surface area contributed by atoms with Gasteiger partial charge in [-0.3, -0.25) is 9.25 Å². The number of benzene rings is 1. The molecule has 2 atom stereocenters. The summed E-state index contributed by atoms with van der Waals surface area (Å²) in [6.07, 6.45) is 9.61. The van der Waals surface area contributed by atoms with Crippen LogP contribution in [0.3, 0.4) is 0 Å². The molecule has 4 fully saturated rings. The van der Waals surface area contributed by atoms with Gasteiger partial charge in [-0.25, -0.2) is 14.6 Å². The Kier molecular flexibility index (Phi) is 16.1. The molecule has 4 saturated carbocycles. The van der Waals surface area contributed by atoms with E-state index in [4.69, 9.17) is 44.2 Å². The molecule has 0 aliphatic heterocycles. The zero-order chi connectivity index (χ0) is 53.4. The molecule has 4 aliphatic carbocycles. The second-order valence-electron chi connectivity index (χ2n) is 25.1. The number of thiazole rings is 1. The number of fused-ring (bicyclic) bond motifs is 1. The highest BCUT2D eigenvalue weighted by atomic mass is 32.1. The predicted molar refractivity (Wildman–Crippen MR) is 296 cm³/mol. The minimum atomic E-state index is -1.27. The SMILES string of the molecule is COC(=O)c1nc(N(CCCCN(C)C(=O)OC(C)(C)C)c2cc(C)c(/N=c3\sc4ccccc4n3COCC[Si](C)(C)C)nn2)ccc1-c1cnn(CC23CC4(C)CC(C)(C2)CC(OCCN(C)C)(C4)C3)c1C. The van der Waals surface area contributed by atoms with E-state index >= 15 is 0 Å². The number of unbranched alkanes of at least 4 members (excludes halogenated alkanes) is 1. The average Bonchev–Trinajstić information content (AvgIpc) is 3.83. The molecule has 1 aromatic carbocycles. The third kappa shape index (κ3) is 12.8. The Morgan fingerprint density at radius 1 is 0.865 bits per heavy atom. The van der Waals surface area contributed by atoms with Crippen molar-refractivity contribution in [2.75, 3.05) is 66.0 Å². The van der Waals surface area contributed by atoms with E-state index in [-0.39, 0.29) is 33.6 Å². The molecule has 18 heteroatoms. The van der Waals surface area contributed by atoms with E-state index in [0.717, 1.165) is 89.7 Å². The number of hydrogen-bond acceptors (Lipinski definition) is 14. The van der Waals surface area contributed by atoms with Gasteiger partial charge in [-0.15, -0.1) is 10.2 Å². The summed E-state index contributed by atoms with van der Waals surface area (Å²) in [5, 5.41) is 14.6. The van der Waals surface area contributed by atoms with Crippen molar-refractivity contribution >= 4 is 59.1 Å². The topological polar surface area (TPSA) is 155 Å². The number of anilines is 2. The molecule has 16 nitrogen and oxygen atoms in total. The molecular formula is C56H82N10O6SSi. The van der Waals surface area contributed by atoms with Crippen molar-refractivity contribution in [1.82, 2.24) is 39.3 Å². The Bertz CT molecular complexity index is 2880. The summed E-state index contributed by atoms with van der Waals surface area (Å²) < 4.78 is 29.6. The molecule has 0 radical (unpaired) electrons. The van der Waals surface area contributed by atoms with Gasteiger partial charge in [0, 0.05) is 64.7 Å². The summed E-state index contributed by atoms with van der Waals surface area (Å²) in [6.45, 7) is 26.1. The molecule has 5 aromatic rings. The van der Waals surface area contributed by atoms with Crippen LogP contribution in [-0.4, -0.2) is 132 Å². The Hall–Kier alpha value is -5.01. The highest BCUT2D eigenvalue weighted by molar-refractivity contribution is 7.16. The van der Waals surface area contributed by atoms with E-state index in [9.17, 15) is 9.59 Å². The predicted octanol–water partition coefficient (Wildman–Crippen LogP) is 11.2. The third-order valence-corrected chi connectivity index (χ3v) is 17.8. The molecule has 1 amide bonds. The number of likely N-dealkylation sites (N-methyl/N-ethyl adjacent to an activating group) is 1. The summed E-state index contributed by atoms with van der Waals surface area (Å²) in [5.41, 5.74) is 4.25. The molecule has 4 aliphatic rings. The highest BCUT2D eigenvalue weighted by Gasteiger charge is 2.66. The van der Waals surface area contributed by atoms with Gasteiger partial charge in [0.1, 0.15) is 18.1 Å². The number of methoxy groups -OCH3 is 1. The summed E-state index contributed by atoms with van der Waals surface area (Å²) in [7, 11) is 6.08. The first-order valence-electron chi connectivity index (χ1n) is 26.5. The smallest absolute Gasteiger partial charge is 0.410 e. The van der Waals surface area contributed by atoms with Crippen LogP contribution in [0.5, 0.6) is 0 Å². The molecule has 74 heavy (non-hydrogen) atoms. The molecular weight excluding hydrogens is 969 g/mol. The first-order valence-corrected chi connectivity index (χ1v) is 31.0. The number of hydrogen-bond donors (Lipinski definition) is 0. The summed E-state index contributed by atoms with van der Waals surface area (Å²) in [5.74, 6) is 0.988. The van der Waals surface area contributed by atoms with Crippen LogP contribution < -0.4 is 9.70 Å². The monoisotopic (exact) mass is 1050 g/mol. The van der Waals surface area contributed by atoms with Gasteiger partial charge in [-0.05, 0) is 158 Å². The van der Waals surface area contributed by atoms with Gasteiger partial charge in [0.05, 0.1) is 35.7 Å². The van der Waals surface area contributed by atoms with Gasteiger partial charge in [-0.2, -0.15) is 10.1 Å². The maximum atomic E-state index is 13.9. The minimum absolute atomic E-state index is 0.0440. The Morgan fingerprint density at radius 2 is 1.58 bits per heavy atom. The number of esters is 1. The number of aryl methyl sites for hydroxylation is 1. The summed E-state index contributed by atoms with van der Waals surface area (Å²) >= 11 is 1.59. The van der Waals surface area contributed by atoms with E-state index in [2.05, 4.69) is 80.8 Å². The molecule has 9 rings (SSSR count). The zero-order valence-corrected chi connectivity index (χ0v) is 48.6. The van der Waals surface area contributed by atoms with E-state index in [1.165, 1.54) is 13.5 Å². The standard InChI is InChI=1S/C56H82N10O6SSi/c1-39-29-46(60-61-48(39)59-50-65(38-70-27-28-74(12,13)14)43-19-15-16-20-44(43)73-50)64(24-18-17-23-63(10)51(68)72-52(3,4)5)45-22-21-41(47(58-45)49(67)69-11)42-30-57-66(40(42)2)37-55-32-53(6)31-54(7,33-55)35-56(34-53,36-55)71-26-25-62(8)9/h15-16,19-22,29-30H,17-18,23-28,31-38H2,1-14H3/b59-50-. The number of pyridine rings is 1. The van der Waals surface area contributed by atoms with E-state index in [1.54, 1.807) is 23.3 Å². The van der Waals surface area contributed by atoms with E-state index in [1.807, 2.05) is 69.1 Å². The number of rotatable bonds is 21. The maximum absolute atomic E-state index is 13.9. The quantitative estimate of drug-likeness (QED) is 0.0390. The first kappa shape index (κ1) is 55.2. The van der Waals surface area contributed by atoms with Crippen molar-refractivity contribution in [1.29, 1.82) is 0 Å². The molecule has 4 heterocycles. The van der Waals surface area contributed by atoms with Crippen LogP contribution in [0.15, 0.2) is 53.7 Å². The van der Waals surface area contributed by atoms with Crippen LogP contribution in [0.25, 0.3) is 21.3 Å². The van der Waals surface area contributed by atoms with Crippen molar-refractivity contribution in [2.24, 2.45) is 21.2 Å². The second-order valence-corrected chi connectivity index (χ2v) is 31.7. The number of para-hydroxylation sites is 1. The molecule has 4 bridgehead atoms. The lowest BCUT2D eigenvalue weighted by Crippen LogP contribution is -2.64. The van der Waals surface area contributed by atoms with Crippen molar-refractivity contribution in [2.45, 2.75) is 150 Å². The lowest BCUT2D eigenvalue weighted by atomic mass is 9.39. The van der Waals surface area contributed by atoms with Gasteiger partial charge in [0.2, 0.25) is 0 Å². The Balaban J connectivity index is 1.10. The summed E-state index contributed by atoms with van der Waals surface area (Å²) in [4.78, 5) is 43.5. The highest BCUT2D eigenvalue weighted by Crippen LogP contribution is 2.72. The fourth-order valence-electron chi connectivity index (χ4n) is 12.8. The van der Waals surface area contributed by atoms with E-state index in [0.29, 0.717) is 62.3 Å². The molecule has 0 spiro atoms. The van der Waals surface area contributed by atoms with Crippen molar-refractivity contribution < 1.29 is 28.5 Å². The summed E-state index contributed by atoms with van der Waals surface area (Å²) in [6, 6.07) is 15.2. The molecule has 2 unspecified atom stereocenters. The van der Waals surface area contributed by atoms with Crippen LogP contribution in [0.4, 0.5) is 22.2 Å². The molecule has 402 valence electrons. The average molecular weight is 1050 g/mol. The number of aromatic nitrogens is 6. The lowest BCUT2D eigenvalue weighted by molar-refractivity contribution is -0.248. The largest absolute Gasteiger partial charge is 0.464 e. The Morgan fingerprint density at radius 3 is 2.26 bits per heavy atom. The first-order chi connectivity index (χ1) is 34.8. The fraction of sp³-hybridized carbons (Fsp3) is 0.625. The molecule has 0 saturated heterocycles. The number of carbonyl (C=O) groups excluding carboxylic acids is 2. The van der Waals surface area contributed by atoms with Crippen LogP contribution in [0.2, 0.25) is 25.7 Å². The number of carbonyl (C=O) groups is 2. The fourth-order valence-corrected chi connectivity index (χ4v) is 14.6. The van der Waals surface area contributed by atoms with Crippen molar-refractivity contribution in [3.05, 3.63) is 70.4 Å². The van der Waals surface area contributed by atoms with Gasteiger partial charge in [-0.1, -0.05) is 57.0 Å². The van der Waals surface area contributed by atoms with Crippen LogP contribution in [0, 0.1) is 30.1 Å². The third-order valence-electron chi connectivity index (χ3n) is 15.1. The lowest BCUT2D eigenvalue weighted by Gasteiger charge is -2.69. The second kappa shape index (κ2) is 21.5. The minimum Gasteiger partial charge on any atom is -0.464 e. The van der Waals surface area contributed by atoms with Crippen molar-refractivity contribution in [3.8, 4) is 11.1 Å².